The lowest BCUT2D eigenvalue weighted by molar-refractivity contribution is 0.116. The average molecular weight is 463 g/mol. The van der Waals surface area contributed by atoms with Gasteiger partial charge < -0.3 is 10.1 Å². The van der Waals surface area contributed by atoms with Crippen molar-refractivity contribution >= 4 is 17.5 Å². The Morgan fingerprint density at radius 1 is 1.09 bits per heavy atom. The van der Waals surface area contributed by atoms with E-state index in [1.54, 1.807) is 0 Å². The second-order valence-corrected chi connectivity index (χ2v) is 10.5. The van der Waals surface area contributed by atoms with E-state index < -0.39 is 0 Å². The summed E-state index contributed by atoms with van der Waals surface area (Å²) < 4.78 is 5.72. The fourth-order valence-corrected chi connectivity index (χ4v) is 6.04. The smallest absolute Gasteiger partial charge is 0.414 e. The molecule has 3 unspecified atom stereocenters. The van der Waals surface area contributed by atoms with Crippen LogP contribution in [-0.2, 0) is 30.4 Å². The number of hydrogen-bond acceptors (Lipinski definition) is 5. The lowest BCUT2D eigenvalue weighted by atomic mass is 9.82. The van der Waals surface area contributed by atoms with Crippen molar-refractivity contribution in [2.45, 2.75) is 104 Å². The minimum atomic E-state index is -0.263. The molecule has 2 aliphatic carbocycles. The number of nitrogens with one attached hydrogen (secondary N) is 1. The molecule has 2 aromatic rings. The van der Waals surface area contributed by atoms with Crippen LogP contribution in [-0.4, -0.2) is 28.2 Å². The highest BCUT2D eigenvalue weighted by Gasteiger charge is 2.43. The summed E-state index contributed by atoms with van der Waals surface area (Å²) in [6, 6.07) is 4.56. The Kier molecular flexibility index (Phi) is 6.50. The normalized spacial score (nSPS) is 23.7. The topological polar surface area (TPSA) is 67.4 Å². The van der Waals surface area contributed by atoms with Crippen LogP contribution < -0.4 is 10.2 Å². The van der Waals surface area contributed by atoms with Crippen LogP contribution in [0.15, 0.2) is 18.3 Å². The van der Waals surface area contributed by atoms with Crippen molar-refractivity contribution < 1.29 is 9.53 Å². The Hall–Kier alpha value is -2.63. The van der Waals surface area contributed by atoms with Gasteiger partial charge in [0, 0.05) is 23.3 Å². The molecule has 0 bridgehead atoms. The Balaban J connectivity index is 1.57. The second-order valence-electron chi connectivity index (χ2n) is 10.5. The zero-order valence-corrected chi connectivity index (χ0v) is 21.1. The van der Waals surface area contributed by atoms with E-state index in [9.17, 15) is 4.79 Å². The Labute approximate surface area is 203 Å². The first kappa shape index (κ1) is 23.1. The van der Waals surface area contributed by atoms with Gasteiger partial charge in [0.25, 0.3) is 0 Å². The molecule has 1 amide bonds. The van der Waals surface area contributed by atoms with Gasteiger partial charge in [-0.3, -0.25) is 14.9 Å². The Bertz CT molecular complexity index is 1070. The largest absolute Gasteiger partial charge is 0.446 e. The molecule has 1 aliphatic heterocycles. The first-order valence-corrected chi connectivity index (χ1v) is 13.2. The number of nitrogens with zero attached hydrogens (tertiary/aromatic N) is 3. The van der Waals surface area contributed by atoms with E-state index in [2.05, 4.69) is 31.3 Å². The molecule has 0 spiro atoms. The number of amides is 1. The summed E-state index contributed by atoms with van der Waals surface area (Å²) >= 11 is 0. The van der Waals surface area contributed by atoms with E-state index in [-0.39, 0.29) is 30.2 Å². The van der Waals surface area contributed by atoms with Crippen molar-refractivity contribution in [3.8, 4) is 0 Å². The van der Waals surface area contributed by atoms with Crippen molar-refractivity contribution in [3.63, 3.8) is 0 Å². The van der Waals surface area contributed by atoms with Crippen LogP contribution in [0.25, 0.3) is 0 Å². The van der Waals surface area contributed by atoms with Gasteiger partial charge in [0.2, 0.25) is 0 Å². The predicted octanol–water partition coefficient (Wildman–Crippen LogP) is 6.17. The summed E-state index contributed by atoms with van der Waals surface area (Å²) in [5.74, 6) is 0.169. The molecule has 0 fully saturated rings. The molecular formula is C28H38N4O2. The monoisotopic (exact) mass is 462 g/mol. The predicted molar refractivity (Wildman–Crippen MR) is 135 cm³/mol. The van der Waals surface area contributed by atoms with Crippen LogP contribution in [0.4, 0.5) is 16.2 Å². The molecular weight excluding hydrogens is 424 g/mol. The number of hydrogen-bond donors (Lipinski definition) is 1. The summed E-state index contributed by atoms with van der Waals surface area (Å²) in [6.07, 6.45) is 11.5. The highest BCUT2D eigenvalue weighted by atomic mass is 16.6. The zero-order chi connectivity index (χ0) is 23.8. The second kappa shape index (κ2) is 9.55. The van der Waals surface area contributed by atoms with Crippen molar-refractivity contribution in [1.82, 2.24) is 9.97 Å². The minimum absolute atomic E-state index is 0.0127. The third-order valence-corrected chi connectivity index (χ3v) is 7.77. The summed E-state index contributed by atoms with van der Waals surface area (Å²) in [5.41, 5.74) is 8.03. The molecule has 6 nitrogen and oxygen atoms in total. The number of aryl methyl sites for hydroxylation is 4. The lowest BCUT2D eigenvalue weighted by Crippen LogP contribution is -2.51. The van der Waals surface area contributed by atoms with E-state index in [0.29, 0.717) is 0 Å². The van der Waals surface area contributed by atoms with Gasteiger partial charge in [0.1, 0.15) is 0 Å². The molecule has 2 aromatic heterocycles. The molecule has 34 heavy (non-hydrogen) atoms. The van der Waals surface area contributed by atoms with E-state index >= 15 is 0 Å². The number of anilines is 2. The summed E-state index contributed by atoms with van der Waals surface area (Å²) in [4.78, 5) is 25.2. The van der Waals surface area contributed by atoms with Gasteiger partial charge >= 0.3 is 6.09 Å². The maximum absolute atomic E-state index is 13.3. The van der Waals surface area contributed by atoms with Crippen molar-refractivity contribution in [3.05, 3.63) is 46.5 Å². The fraction of sp³-hybridized carbons (Fsp3) is 0.607. The van der Waals surface area contributed by atoms with Gasteiger partial charge in [-0.25, -0.2) is 4.79 Å². The number of pyridine rings is 2. The maximum Gasteiger partial charge on any atom is 0.414 e. The van der Waals surface area contributed by atoms with Crippen LogP contribution >= 0.6 is 0 Å². The van der Waals surface area contributed by atoms with Crippen LogP contribution in [0.3, 0.4) is 0 Å². The number of ether oxygens (including phenoxy) is 1. The third-order valence-electron chi connectivity index (χ3n) is 7.77. The van der Waals surface area contributed by atoms with E-state index in [1.165, 1.54) is 48.2 Å². The van der Waals surface area contributed by atoms with Crippen molar-refractivity contribution in [2.24, 2.45) is 5.92 Å². The highest BCUT2D eigenvalue weighted by Crippen LogP contribution is 2.44. The summed E-state index contributed by atoms with van der Waals surface area (Å²) in [7, 11) is 0. The van der Waals surface area contributed by atoms with Gasteiger partial charge in [0.15, 0.2) is 0 Å². The number of aromatic nitrogens is 2. The Morgan fingerprint density at radius 2 is 1.76 bits per heavy atom. The molecule has 182 valence electrons. The molecule has 0 saturated heterocycles. The van der Waals surface area contributed by atoms with Crippen LogP contribution in [0.2, 0.25) is 0 Å². The third kappa shape index (κ3) is 4.27. The van der Waals surface area contributed by atoms with Gasteiger partial charge in [-0.2, -0.15) is 0 Å². The van der Waals surface area contributed by atoms with E-state index in [1.807, 2.05) is 24.9 Å². The zero-order valence-electron chi connectivity index (χ0n) is 21.1. The minimum Gasteiger partial charge on any atom is -0.446 e. The maximum atomic E-state index is 13.3. The van der Waals surface area contributed by atoms with Crippen LogP contribution in [0.5, 0.6) is 0 Å². The van der Waals surface area contributed by atoms with Crippen LogP contribution in [0.1, 0.15) is 94.0 Å². The van der Waals surface area contributed by atoms with Crippen LogP contribution in [0, 0.1) is 5.92 Å². The lowest BCUT2D eigenvalue weighted by Gasteiger charge is -2.45. The molecule has 0 aromatic carbocycles. The molecule has 3 atom stereocenters. The van der Waals surface area contributed by atoms with E-state index in [0.717, 1.165) is 49.2 Å². The molecule has 6 heteroatoms. The summed E-state index contributed by atoms with van der Waals surface area (Å²) in [5, 5.41) is 3.80. The van der Waals surface area contributed by atoms with E-state index in [4.69, 9.17) is 14.7 Å². The van der Waals surface area contributed by atoms with Crippen molar-refractivity contribution in [1.29, 1.82) is 0 Å². The number of carbonyl (C=O) groups is 1. The first-order chi connectivity index (χ1) is 16.5. The molecule has 0 saturated carbocycles. The number of carbonyl (C=O) groups excluding carboxylic acids is 1. The first-order valence-electron chi connectivity index (χ1n) is 13.2. The van der Waals surface area contributed by atoms with Gasteiger partial charge in [-0.05, 0) is 94.9 Å². The molecule has 1 N–H and O–H groups in total. The Morgan fingerprint density at radius 3 is 2.47 bits per heavy atom. The fourth-order valence-electron chi connectivity index (χ4n) is 6.04. The number of fused-ring (bicyclic) bond motifs is 3. The summed E-state index contributed by atoms with van der Waals surface area (Å²) in [6.45, 7) is 8.21. The quantitative estimate of drug-likeness (QED) is 0.589. The average Bonchev–Trinajstić information content (AvgIpc) is 2.83. The molecule has 3 heterocycles. The van der Waals surface area contributed by atoms with Crippen molar-refractivity contribution in [2.75, 3.05) is 10.2 Å². The number of rotatable bonds is 4. The molecule has 3 aliphatic rings. The standard InChI is InChI=1S/C28H38N4O2/c1-5-24-18(4)26(30-21-14-19-10-6-8-12-22(19)29-16-21)27-25(32(24)28(33)34-17(2)3)15-20-11-7-9-13-23(20)31-27/h14-18,24,26,30H,5-13H2,1-4H3. The van der Waals surface area contributed by atoms with Gasteiger partial charge in [0.05, 0.1) is 35.4 Å². The molecule has 5 rings (SSSR count). The van der Waals surface area contributed by atoms with Gasteiger partial charge in [-0.1, -0.05) is 13.8 Å². The van der Waals surface area contributed by atoms with Gasteiger partial charge in [-0.15, -0.1) is 0 Å². The highest BCUT2D eigenvalue weighted by molar-refractivity contribution is 5.90. The molecule has 0 radical (unpaired) electrons. The SMILES string of the molecule is CCC1C(C)C(Nc2cnc3c(c2)CCCC3)c2nc3c(cc2N1C(=O)OC(C)C)CCCC3.